The molecule has 1 aliphatic rings. The van der Waals surface area contributed by atoms with Gasteiger partial charge >= 0.3 is 0 Å². The van der Waals surface area contributed by atoms with Gasteiger partial charge in [0.05, 0.1) is 6.61 Å². The highest BCUT2D eigenvalue weighted by Gasteiger charge is 2.23. The maximum Gasteiger partial charge on any atom is 0.242 e. The van der Waals surface area contributed by atoms with Crippen molar-refractivity contribution in [2.45, 2.75) is 65.3 Å². The highest BCUT2D eigenvalue weighted by atomic mass is 16.5. The van der Waals surface area contributed by atoms with Gasteiger partial charge in [-0.3, -0.25) is 0 Å². The quantitative estimate of drug-likeness (QED) is 0.785. The lowest BCUT2D eigenvalue weighted by Gasteiger charge is -2.30. The molecule has 1 aliphatic carbocycles. The van der Waals surface area contributed by atoms with Crippen LogP contribution in [-0.2, 0) is 0 Å². The zero-order valence-electron chi connectivity index (χ0n) is 13.5. The molecule has 5 heteroatoms. The molecule has 0 amide bonds. The molecule has 2 atom stereocenters. The maximum absolute atomic E-state index is 6.18. The minimum absolute atomic E-state index is 0.443. The fraction of sp³-hybridized carbons (Fsp3) is 0.750. The van der Waals surface area contributed by atoms with Gasteiger partial charge in [-0.2, -0.15) is 4.98 Å². The van der Waals surface area contributed by atoms with Crippen LogP contribution in [0.4, 0.5) is 11.5 Å². The van der Waals surface area contributed by atoms with Crippen molar-refractivity contribution in [3.63, 3.8) is 0 Å². The molecule has 1 heterocycles. The van der Waals surface area contributed by atoms with Gasteiger partial charge in [0, 0.05) is 6.04 Å². The summed E-state index contributed by atoms with van der Waals surface area (Å²) in [5.74, 6) is 2.59. The van der Waals surface area contributed by atoms with Crippen LogP contribution in [0.5, 0.6) is 5.88 Å². The van der Waals surface area contributed by atoms with E-state index in [0.29, 0.717) is 36.0 Å². The van der Waals surface area contributed by atoms with Crippen molar-refractivity contribution in [3.05, 3.63) is 5.82 Å². The first-order valence-electron chi connectivity index (χ1n) is 8.15. The number of anilines is 2. The van der Waals surface area contributed by atoms with Crippen LogP contribution < -0.4 is 15.8 Å². The van der Waals surface area contributed by atoms with Crippen molar-refractivity contribution in [3.8, 4) is 5.88 Å². The maximum atomic E-state index is 6.18. The van der Waals surface area contributed by atoms with Crippen LogP contribution in [-0.4, -0.2) is 22.6 Å². The number of aromatic nitrogens is 2. The minimum atomic E-state index is 0.443. The van der Waals surface area contributed by atoms with Gasteiger partial charge in [-0.15, -0.1) is 0 Å². The topological polar surface area (TPSA) is 73.1 Å². The number of ether oxygens (including phenoxy) is 1. The first kappa shape index (κ1) is 15.9. The summed E-state index contributed by atoms with van der Waals surface area (Å²) in [6, 6.07) is 0.443. The third-order valence-electron chi connectivity index (χ3n) is 4.19. The summed E-state index contributed by atoms with van der Waals surface area (Å²) in [6.45, 7) is 6.95. The van der Waals surface area contributed by atoms with E-state index >= 15 is 0 Å². The van der Waals surface area contributed by atoms with Gasteiger partial charge in [0.2, 0.25) is 5.88 Å². The number of unbranched alkanes of at least 4 members (excludes halogenated alkanes) is 1. The second kappa shape index (κ2) is 7.48. The molecule has 3 N–H and O–H groups in total. The summed E-state index contributed by atoms with van der Waals surface area (Å²) in [5, 5.41) is 3.51. The second-order valence-corrected chi connectivity index (χ2v) is 6.05. The van der Waals surface area contributed by atoms with Crippen LogP contribution in [0.15, 0.2) is 0 Å². The summed E-state index contributed by atoms with van der Waals surface area (Å²) in [4.78, 5) is 8.78. The molecular formula is C16H28N4O. The van der Waals surface area contributed by atoms with Crippen molar-refractivity contribution in [2.24, 2.45) is 5.92 Å². The van der Waals surface area contributed by atoms with Crippen molar-refractivity contribution in [2.75, 3.05) is 17.7 Å². The zero-order valence-corrected chi connectivity index (χ0v) is 13.5. The average Bonchev–Trinajstić information content (AvgIpc) is 2.46. The average molecular weight is 292 g/mol. The summed E-state index contributed by atoms with van der Waals surface area (Å²) in [7, 11) is 0. The summed E-state index contributed by atoms with van der Waals surface area (Å²) < 4.78 is 5.70. The van der Waals surface area contributed by atoms with Crippen LogP contribution in [0.1, 0.15) is 58.2 Å². The Labute approximate surface area is 127 Å². The summed E-state index contributed by atoms with van der Waals surface area (Å²) in [6.07, 6.45) is 7.13. The van der Waals surface area contributed by atoms with Gasteiger partial charge in [0.25, 0.3) is 0 Å². The Morgan fingerprint density at radius 2 is 2.05 bits per heavy atom. The lowest BCUT2D eigenvalue weighted by Crippen LogP contribution is -2.31. The predicted octanol–water partition coefficient (Wildman–Crippen LogP) is 3.54. The minimum Gasteiger partial charge on any atom is -0.476 e. The summed E-state index contributed by atoms with van der Waals surface area (Å²) >= 11 is 0. The molecule has 0 spiro atoms. The molecule has 2 unspecified atom stereocenters. The van der Waals surface area contributed by atoms with E-state index in [1.54, 1.807) is 0 Å². The van der Waals surface area contributed by atoms with Gasteiger partial charge in [-0.25, -0.2) is 4.98 Å². The third-order valence-corrected chi connectivity index (χ3v) is 4.19. The monoisotopic (exact) mass is 292 g/mol. The molecule has 2 rings (SSSR count). The van der Waals surface area contributed by atoms with E-state index in [2.05, 4.69) is 29.1 Å². The first-order chi connectivity index (χ1) is 10.1. The second-order valence-electron chi connectivity index (χ2n) is 6.05. The van der Waals surface area contributed by atoms with Gasteiger partial charge in [0.1, 0.15) is 11.5 Å². The molecule has 1 saturated carbocycles. The summed E-state index contributed by atoms with van der Waals surface area (Å²) in [5.41, 5.74) is 6.72. The van der Waals surface area contributed by atoms with E-state index in [1.165, 1.54) is 25.7 Å². The number of nitrogens with one attached hydrogen (secondary N) is 1. The molecule has 1 aromatic heterocycles. The lowest BCUT2D eigenvalue weighted by molar-refractivity contribution is 0.298. The van der Waals surface area contributed by atoms with E-state index in [4.69, 9.17) is 10.5 Å². The van der Waals surface area contributed by atoms with Crippen molar-refractivity contribution in [1.82, 2.24) is 9.97 Å². The number of aryl methyl sites for hydroxylation is 1. The van der Waals surface area contributed by atoms with E-state index in [9.17, 15) is 0 Å². The number of rotatable bonds is 6. The molecule has 0 saturated heterocycles. The van der Waals surface area contributed by atoms with Gasteiger partial charge in [0.15, 0.2) is 5.82 Å². The normalized spacial score (nSPS) is 22.0. The highest BCUT2D eigenvalue weighted by Crippen LogP contribution is 2.31. The number of nitrogen functional groups attached to an aromatic ring is 1. The molecule has 0 bridgehead atoms. The van der Waals surface area contributed by atoms with Crippen molar-refractivity contribution >= 4 is 11.5 Å². The van der Waals surface area contributed by atoms with E-state index in [0.717, 1.165) is 18.7 Å². The first-order valence-corrected chi connectivity index (χ1v) is 8.15. The van der Waals surface area contributed by atoms with Crippen LogP contribution in [0, 0.1) is 12.8 Å². The molecule has 118 valence electrons. The molecule has 1 aromatic rings. The molecule has 0 aromatic carbocycles. The van der Waals surface area contributed by atoms with Gasteiger partial charge in [-0.1, -0.05) is 33.1 Å². The predicted molar refractivity (Wildman–Crippen MR) is 86.6 cm³/mol. The SMILES string of the molecule is CCCCOc1nc(C)nc(NC2CCCCC2C)c1N. The Bertz CT molecular complexity index is 464. The van der Waals surface area contributed by atoms with E-state index in [-0.39, 0.29) is 0 Å². The van der Waals surface area contributed by atoms with E-state index < -0.39 is 0 Å². The zero-order chi connectivity index (χ0) is 15.2. The largest absolute Gasteiger partial charge is 0.476 e. The molecular weight excluding hydrogens is 264 g/mol. The fourth-order valence-corrected chi connectivity index (χ4v) is 2.80. The molecule has 0 radical (unpaired) electrons. The Morgan fingerprint density at radius 3 is 2.76 bits per heavy atom. The van der Waals surface area contributed by atoms with Crippen molar-refractivity contribution < 1.29 is 4.74 Å². The molecule has 1 fully saturated rings. The Kier molecular flexibility index (Phi) is 5.65. The van der Waals surface area contributed by atoms with E-state index in [1.807, 2.05) is 6.92 Å². The number of nitrogens with two attached hydrogens (primary N) is 1. The third kappa shape index (κ3) is 4.22. The fourth-order valence-electron chi connectivity index (χ4n) is 2.80. The lowest BCUT2D eigenvalue weighted by atomic mass is 9.86. The van der Waals surface area contributed by atoms with Crippen molar-refractivity contribution in [1.29, 1.82) is 0 Å². The molecule has 0 aliphatic heterocycles. The van der Waals surface area contributed by atoms with Crippen LogP contribution >= 0.6 is 0 Å². The standard InChI is InChI=1S/C16H28N4O/c1-4-5-10-21-16-14(17)15(18-12(3)19-16)20-13-9-7-6-8-11(13)2/h11,13H,4-10,17H2,1-3H3,(H,18,19,20). The smallest absolute Gasteiger partial charge is 0.242 e. The molecule has 21 heavy (non-hydrogen) atoms. The number of hydrogen-bond donors (Lipinski definition) is 2. The molecule has 5 nitrogen and oxygen atoms in total. The Balaban J connectivity index is 2.10. The van der Waals surface area contributed by atoms with Crippen LogP contribution in [0.25, 0.3) is 0 Å². The highest BCUT2D eigenvalue weighted by molar-refractivity contribution is 5.67. The number of hydrogen-bond acceptors (Lipinski definition) is 5. The van der Waals surface area contributed by atoms with Crippen LogP contribution in [0.3, 0.4) is 0 Å². The van der Waals surface area contributed by atoms with Crippen LogP contribution in [0.2, 0.25) is 0 Å². The Morgan fingerprint density at radius 1 is 1.29 bits per heavy atom. The van der Waals surface area contributed by atoms with Gasteiger partial charge < -0.3 is 15.8 Å². The van der Waals surface area contributed by atoms with Gasteiger partial charge in [-0.05, 0) is 32.1 Å². The Hall–Kier alpha value is -1.52. The number of nitrogens with zero attached hydrogens (tertiary/aromatic N) is 2.